The second-order valence-corrected chi connectivity index (χ2v) is 7.22. The van der Waals surface area contributed by atoms with Crippen molar-refractivity contribution in [3.8, 4) is 17.2 Å². The highest BCUT2D eigenvalue weighted by atomic mass is 19.1. The van der Waals surface area contributed by atoms with E-state index in [-0.39, 0.29) is 29.4 Å². The Balaban J connectivity index is 1.54. The van der Waals surface area contributed by atoms with Gasteiger partial charge in [-0.1, -0.05) is 26.0 Å². The second kappa shape index (κ2) is 7.95. The number of nitrogens with zero attached hydrogens (tertiary/aromatic N) is 2. The van der Waals surface area contributed by atoms with Crippen LogP contribution < -0.4 is 14.8 Å². The summed E-state index contributed by atoms with van der Waals surface area (Å²) in [5.41, 5.74) is 1.75. The van der Waals surface area contributed by atoms with E-state index in [0.717, 1.165) is 5.56 Å². The standard InChI is InChI=1S/C22H22FN3O3/c1-14(2)21(15-6-7-19-20(12-15)29-11-10-28-19)24-22(27)18-8-9-26(25-18)17-5-3-4-16(23)13-17/h3-9,12-14,21H,10-11H2,1-2H3,(H,24,27). The van der Waals surface area contributed by atoms with E-state index in [2.05, 4.69) is 10.4 Å². The lowest BCUT2D eigenvalue weighted by Gasteiger charge is -2.25. The summed E-state index contributed by atoms with van der Waals surface area (Å²) in [4.78, 5) is 12.8. The van der Waals surface area contributed by atoms with Crippen molar-refractivity contribution in [3.05, 3.63) is 71.8 Å². The fourth-order valence-electron chi connectivity index (χ4n) is 3.31. The summed E-state index contributed by atoms with van der Waals surface area (Å²) in [6.45, 7) is 5.11. The van der Waals surface area contributed by atoms with Gasteiger partial charge in [-0.15, -0.1) is 0 Å². The minimum atomic E-state index is -0.359. The molecule has 150 valence electrons. The summed E-state index contributed by atoms with van der Waals surface area (Å²) in [6, 6.07) is 13.1. The van der Waals surface area contributed by atoms with E-state index in [9.17, 15) is 9.18 Å². The van der Waals surface area contributed by atoms with Crippen molar-refractivity contribution in [1.82, 2.24) is 15.1 Å². The molecule has 29 heavy (non-hydrogen) atoms. The van der Waals surface area contributed by atoms with E-state index >= 15 is 0 Å². The first-order chi connectivity index (χ1) is 14.0. The average molecular weight is 395 g/mol. The molecule has 0 fully saturated rings. The normalized spacial score (nSPS) is 13.9. The molecule has 2 aromatic carbocycles. The van der Waals surface area contributed by atoms with Gasteiger partial charge in [0.25, 0.3) is 5.91 Å². The van der Waals surface area contributed by atoms with Crippen molar-refractivity contribution < 1.29 is 18.7 Å². The van der Waals surface area contributed by atoms with Crippen molar-refractivity contribution in [2.75, 3.05) is 13.2 Å². The predicted molar refractivity (Wildman–Crippen MR) is 106 cm³/mol. The van der Waals surface area contributed by atoms with Crippen LogP contribution in [-0.4, -0.2) is 28.9 Å². The molecule has 1 atom stereocenters. The number of ether oxygens (including phenoxy) is 2. The molecule has 6 nitrogen and oxygen atoms in total. The van der Waals surface area contributed by atoms with E-state index < -0.39 is 0 Å². The number of benzene rings is 2. The Labute approximate surface area is 168 Å². The Morgan fingerprint density at radius 1 is 1.10 bits per heavy atom. The number of carbonyl (C=O) groups is 1. The molecule has 0 saturated carbocycles. The molecular formula is C22H22FN3O3. The van der Waals surface area contributed by atoms with Gasteiger partial charge in [0.05, 0.1) is 11.7 Å². The molecule has 0 bridgehead atoms. The molecule has 1 aliphatic rings. The van der Waals surface area contributed by atoms with Gasteiger partial charge in [0.1, 0.15) is 19.0 Å². The Morgan fingerprint density at radius 2 is 1.90 bits per heavy atom. The number of halogens is 1. The third-order valence-electron chi connectivity index (χ3n) is 4.77. The predicted octanol–water partition coefficient (Wildman–Crippen LogP) is 3.91. The van der Waals surface area contributed by atoms with Crippen LogP contribution in [0.15, 0.2) is 54.7 Å². The zero-order valence-electron chi connectivity index (χ0n) is 16.3. The van der Waals surface area contributed by atoms with E-state index in [1.54, 1.807) is 24.4 Å². The number of carbonyl (C=O) groups excluding carboxylic acids is 1. The lowest BCUT2D eigenvalue weighted by molar-refractivity contribution is 0.0920. The summed E-state index contributed by atoms with van der Waals surface area (Å²) in [5, 5.41) is 7.34. The minimum absolute atomic E-state index is 0.145. The summed E-state index contributed by atoms with van der Waals surface area (Å²) < 4.78 is 26.2. The summed E-state index contributed by atoms with van der Waals surface area (Å²) >= 11 is 0. The van der Waals surface area contributed by atoms with Gasteiger partial charge in [0.15, 0.2) is 17.2 Å². The van der Waals surface area contributed by atoms with Crippen LogP contribution >= 0.6 is 0 Å². The van der Waals surface area contributed by atoms with Gasteiger partial charge in [0, 0.05) is 6.20 Å². The monoisotopic (exact) mass is 395 g/mol. The summed E-state index contributed by atoms with van der Waals surface area (Å²) in [6.07, 6.45) is 1.64. The van der Waals surface area contributed by atoms with Crippen LogP contribution in [0.3, 0.4) is 0 Å². The molecule has 1 N–H and O–H groups in total. The Bertz CT molecular complexity index is 1030. The lowest BCUT2D eigenvalue weighted by Crippen LogP contribution is -2.32. The third kappa shape index (κ3) is 4.08. The van der Waals surface area contributed by atoms with Crippen LogP contribution in [0.5, 0.6) is 11.5 Å². The molecule has 0 spiro atoms. The number of aromatic nitrogens is 2. The maximum atomic E-state index is 13.4. The number of amides is 1. The summed E-state index contributed by atoms with van der Waals surface area (Å²) in [7, 11) is 0. The lowest BCUT2D eigenvalue weighted by atomic mass is 9.95. The van der Waals surface area contributed by atoms with Crippen LogP contribution in [0.4, 0.5) is 4.39 Å². The second-order valence-electron chi connectivity index (χ2n) is 7.22. The first kappa shape index (κ1) is 19.0. The van der Waals surface area contributed by atoms with Gasteiger partial charge in [-0.2, -0.15) is 5.10 Å². The van der Waals surface area contributed by atoms with Gasteiger partial charge >= 0.3 is 0 Å². The van der Waals surface area contributed by atoms with E-state index in [1.165, 1.54) is 16.8 Å². The molecule has 1 aromatic heterocycles. The van der Waals surface area contributed by atoms with Gasteiger partial charge < -0.3 is 14.8 Å². The third-order valence-corrected chi connectivity index (χ3v) is 4.77. The molecule has 2 heterocycles. The SMILES string of the molecule is CC(C)C(NC(=O)c1ccn(-c2cccc(F)c2)n1)c1ccc2c(c1)OCCO2. The Kier molecular flexibility index (Phi) is 5.20. The Morgan fingerprint density at radius 3 is 2.66 bits per heavy atom. The Hall–Kier alpha value is -3.35. The van der Waals surface area contributed by atoms with Crippen LogP contribution in [0.2, 0.25) is 0 Å². The van der Waals surface area contributed by atoms with Crippen molar-refractivity contribution in [1.29, 1.82) is 0 Å². The van der Waals surface area contributed by atoms with Crippen molar-refractivity contribution >= 4 is 5.91 Å². The first-order valence-electron chi connectivity index (χ1n) is 9.53. The topological polar surface area (TPSA) is 65.4 Å². The van der Waals surface area contributed by atoms with Crippen molar-refractivity contribution in [2.45, 2.75) is 19.9 Å². The van der Waals surface area contributed by atoms with Crippen LogP contribution in [-0.2, 0) is 0 Å². The fourth-order valence-corrected chi connectivity index (χ4v) is 3.31. The highest BCUT2D eigenvalue weighted by Crippen LogP contribution is 2.34. The van der Waals surface area contributed by atoms with Gasteiger partial charge in [-0.05, 0) is 47.9 Å². The van der Waals surface area contributed by atoms with Gasteiger partial charge in [-0.25, -0.2) is 9.07 Å². The summed E-state index contributed by atoms with van der Waals surface area (Å²) in [5.74, 6) is 0.884. The van der Waals surface area contributed by atoms with Crippen LogP contribution in [0.25, 0.3) is 5.69 Å². The largest absolute Gasteiger partial charge is 0.486 e. The quantitative estimate of drug-likeness (QED) is 0.711. The number of rotatable bonds is 5. The van der Waals surface area contributed by atoms with E-state index in [0.29, 0.717) is 30.4 Å². The molecule has 1 unspecified atom stereocenters. The highest BCUT2D eigenvalue weighted by Gasteiger charge is 2.23. The molecular weight excluding hydrogens is 373 g/mol. The molecule has 7 heteroatoms. The van der Waals surface area contributed by atoms with Crippen LogP contribution in [0.1, 0.15) is 35.9 Å². The first-order valence-corrected chi connectivity index (χ1v) is 9.53. The minimum Gasteiger partial charge on any atom is -0.486 e. The zero-order chi connectivity index (χ0) is 20.4. The maximum Gasteiger partial charge on any atom is 0.272 e. The highest BCUT2D eigenvalue weighted by molar-refractivity contribution is 5.92. The molecule has 0 aliphatic carbocycles. The van der Waals surface area contributed by atoms with Gasteiger partial charge in [-0.3, -0.25) is 4.79 Å². The van der Waals surface area contributed by atoms with E-state index in [4.69, 9.17) is 9.47 Å². The number of fused-ring (bicyclic) bond motifs is 1. The number of hydrogen-bond donors (Lipinski definition) is 1. The fraction of sp³-hybridized carbons (Fsp3) is 0.273. The number of hydrogen-bond acceptors (Lipinski definition) is 4. The van der Waals surface area contributed by atoms with Gasteiger partial charge in [0.2, 0.25) is 0 Å². The molecule has 0 saturated heterocycles. The number of nitrogens with one attached hydrogen (secondary N) is 1. The maximum absolute atomic E-state index is 13.4. The zero-order valence-corrected chi connectivity index (χ0v) is 16.3. The molecule has 3 aromatic rings. The average Bonchev–Trinajstić information content (AvgIpc) is 3.22. The molecule has 4 rings (SSSR count). The van der Waals surface area contributed by atoms with Crippen molar-refractivity contribution in [3.63, 3.8) is 0 Å². The molecule has 1 amide bonds. The smallest absolute Gasteiger partial charge is 0.272 e. The van der Waals surface area contributed by atoms with E-state index in [1.807, 2.05) is 32.0 Å². The molecule has 0 radical (unpaired) electrons. The van der Waals surface area contributed by atoms with Crippen molar-refractivity contribution in [2.24, 2.45) is 5.92 Å². The van der Waals surface area contributed by atoms with Crippen LogP contribution in [0, 0.1) is 11.7 Å². The molecule has 1 aliphatic heterocycles.